The van der Waals surface area contributed by atoms with E-state index in [9.17, 15) is 23.5 Å². The fourth-order valence-corrected chi connectivity index (χ4v) is 4.19. The largest absolute Gasteiger partial charge is 0.497 e. The number of aromatic nitrogens is 1. The van der Waals surface area contributed by atoms with Gasteiger partial charge >= 0.3 is 0 Å². The van der Waals surface area contributed by atoms with Crippen molar-refractivity contribution in [2.45, 2.75) is 44.4 Å². The molecule has 8 heteroatoms. The fraction of sp³-hybridized carbons (Fsp3) is 0.333. The van der Waals surface area contributed by atoms with E-state index < -0.39 is 40.5 Å². The first-order valence-electron chi connectivity index (χ1n) is 10.5. The summed E-state index contributed by atoms with van der Waals surface area (Å²) in [5.41, 5.74) is -0.646. The Labute approximate surface area is 183 Å². The molecular weight excluding hydrogens is 418 g/mol. The Bertz CT molecular complexity index is 1210. The molecule has 32 heavy (non-hydrogen) atoms. The molecule has 1 aliphatic carbocycles. The second kappa shape index (κ2) is 9.08. The maximum atomic E-state index is 14.7. The minimum Gasteiger partial charge on any atom is -0.497 e. The van der Waals surface area contributed by atoms with E-state index in [0.29, 0.717) is 18.6 Å². The first kappa shape index (κ1) is 22.0. The normalized spacial score (nSPS) is 18.5. The van der Waals surface area contributed by atoms with E-state index in [-0.39, 0.29) is 17.6 Å². The van der Waals surface area contributed by atoms with Gasteiger partial charge < -0.3 is 19.7 Å². The zero-order chi connectivity index (χ0) is 22.8. The van der Waals surface area contributed by atoms with Gasteiger partial charge in [0.2, 0.25) is 5.43 Å². The van der Waals surface area contributed by atoms with Crippen LogP contribution in [0.2, 0.25) is 0 Å². The topological polar surface area (TPSA) is 80.6 Å². The lowest BCUT2D eigenvalue weighted by atomic mass is 9.92. The van der Waals surface area contributed by atoms with E-state index in [1.54, 1.807) is 24.3 Å². The summed E-state index contributed by atoms with van der Waals surface area (Å²) in [4.78, 5) is 25.9. The van der Waals surface area contributed by atoms with Crippen LogP contribution < -0.4 is 15.5 Å². The molecule has 6 nitrogen and oxygen atoms in total. The highest BCUT2D eigenvalue weighted by molar-refractivity contribution is 5.97. The minimum absolute atomic E-state index is 0.105. The van der Waals surface area contributed by atoms with Gasteiger partial charge in [0.05, 0.1) is 30.2 Å². The SMILES string of the molecule is COc1ccc(Cn2cc(C(=O)NC3CCCC[C@@H]3O)c(=O)c3c(F)ccc(F)c32)cc1. The van der Waals surface area contributed by atoms with Crippen molar-refractivity contribution in [1.82, 2.24) is 9.88 Å². The monoisotopic (exact) mass is 442 g/mol. The molecule has 1 heterocycles. The minimum atomic E-state index is -0.901. The van der Waals surface area contributed by atoms with Crippen molar-refractivity contribution < 1.29 is 23.4 Å². The summed E-state index contributed by atoms with van der Waals surface area (Å²) in [6.45, 7) is 0.105. The van der Waals surface area contributed by atoms with E-state index in [2.05, 4.69) is 5.32 Å². The van der Waals surface area contributed by atoms with E-state index in [0.717, 1.165) is 30.5 Å². The van der Waals surface area contributed by atoms with Gasteiger partial charge in [-0.2, -0.15) is 0 Å². The lowest BCUT2D eigenvalue weighted by molar-refractivity contribution is 0.0716. The Balaban J connectivity index is 1.79. The summed E-state index contributed by atoms with van der Waals surface area (Å²) >= 11 is 0. The summed E-state index contributed by atoms with van der Waals surface area (Å²) in [6.07, 6.45) is 3.41. The molecule has 0 saturated heterocycles. The lowest BCUT2D eigenvalue weighted by Gasteiger charge is -2.28. The maximum absolute atomic E-state index is 14.7. The summed E-state index contributed by atoms with van der Waals surface area (Å²) in [7, 11) is 1.54. The second-order valence-electron chi connectivity index (χ2n) is 8.03. The van der Waals surface area contributed by atoms with Crippen LogP contribution in [0.15, 0.2) is 47.4 Å². The lowest BCUT2D eigenvalue weighted by Crippen LogP contribution is -2.46. The molecule has 3 aromatic rings. The number of aliphatic hydroxyl groups excluding tert-OH is 1. The number of rotatable bonds is 5. The second-order valence-corrected chi connectivity index (χ2v) is 8.03. The van der Waals surface area contributed by atoms with Crippen molar-refractivity contribution in [3.8, 4) is 5.75 Å². The molecule has 168 valence electrons. The van der Waals surface area contributed by atoms with Crippen LogP contribution in [0.25, 0.3) is 10.9 Å². The standard InChI is InChI=1S/C24H24F2N2O4/c1-32-15-8-6-14(7-9-15)12-28-13-16(24(31)27-19-4-2-3-5-20(19)29)23(30)21-17(25)10-11-18(26)22(21)28/h6-11,13,19-20,29H,2-5,12H2,1H3,(H,27,31)/t19?,20-/m0/s1. The van der Waals surface area contributed by atoms with Crippen LogP contribution in [0.4, 0.5) is 8.78 Å². The summed E-state index contributed by atoms with van der Waals surface area (Å²) in [5, 5.41) is 12.4. The van der Waals surface area contributed by atoms with E-state index >= 15 is 0 Å². The van der Waals surface area contributed by atoms with Gasteiger partial charge in [0.1, 0.15) is 22.9 Å². The summed E-state index contributed by atoms with van der Waals surface area (Å²) < 4.78 is 35.9. The first-order valence-corrected chi connectivity index (χ1v) is 10.5. The van der Waals surface area contributed by atoms with Gasteiger partial charge in [-0.3, -0.25) is 9.59 Å². The highest BCUT2D eigenvalue weighted by Gasteiger charge is 2.27. The molecule has 2 atom stereocenters. The molecule has 1 aromatic heterocycles. The van der Waals surface area contributed by atoms with Gasteiger partial charge in [-0.15, -0.1) is 0 Å². The van der Waals surface area contributed by atoms with Crippen molar-refractivity contribution in [2.75, 3.05) is 7.11 Å². The van der Waals surface area contributed by atoms with E-state index in [1.807, 2.05) is 0 Å². The number of pyridine rings is 1. The molecule has 2 N–H and O–H groups in total. The number of hydrogen-bond acceptors (Lipinski definition) is 4. The Morgan fingerprint density at radius 1 is 1.12 bits per heavy atom. The third-order valence-electron chi connectivity index (χ3n) is 5.92. The van der Waals surface area contributed by atoms with Crippen LogP contribution >= 0.6 is 0 Å². The average Bonchev–Trinajstić information content (AvgIpc) is 2.79. The molecule has 2 aromatic carbocycles. The summed E-state index contributed by atoms with van der Waals surface area (Å²) in [6, 6.07) is 8.34. The number of aliphatic hydroxyl groups is 1. The number of hydrogen-bond donors (Lipinski definition) is 2. The van der Waals surface area contributed by atoms with E-state index in [4.69, 9.17) is 4.74 Å². The van der Waals surface area contributed by atoms with Crippen molar-refractivity contribution in [1.29, 1.82) is 0 Å². The van der Waals surface area contributed by atoms with Gasteiger partial charge in [-0.25, -0.2) is 8.78 Å². The van der Waals surface area contributed by atoms with Crippen LogP contribution in [0.5, 0.6) is 5.75 Å². The number of halogens is 2. The van der Waals surface area contributed by atoms with Gasteiger partial charge in [0.15, 0.2) is 0 Å². The number of nitrogens with one attached hydrogen (secondary N) is 1. The number of carbonyl (C=O) groups is 1. The highest BCUT2D eigenvalue weighted by Crippen LogP contribution is 2.22. The summed E-state index contributed by atoms with van der Waals surface area (Å²) in [5.74, 6) is -1.74. The molecule has 1 unspecified atom stereocenters. The molecule has 0 bridgehead atoms. The number of amides is 1. The Kier molecular flexibility index (Phi) is 6.23. The predicted octanol–water partition coefficient (Wildman–Crippen LogP) is 3.37. The van der Waals surface area contributed by atoms with Crippen molar-refractivity contribution in [2.24, 2.45) is 0 Å². The van der Waals surface area contributed by atoms with Gasteiger partial charge in [-0.05, 0) is 42.7 Å². The smallest absolute Gasteiger partial charge is 0.257 e. The molecule has 0 radical (unpaired) electrons. The van der Waals surface area contributed by atoms with Gasteiger partial charge in [0, 0.05) is 12.7 Å². The number of carbonyl (C=O) groups excluding carboxylic acids is 1. The first-order chi connectivity index (χ1) is 15.4. The number of benzene rings is 2. The molecule has 0 spiro atoms. The van der Waals surface area contributed by atoms with Crippen LogP contribution in [0.3, 0.4) is 0 Å². The third kappa shape index (κ3) is 4.23. The predicted molar refractivity (Wildman–Crippen MR) is 116 cm³/mol. The van der Waals surface area contributed by atoms with Crippen LogP contribution in [-0.2, 0) is 6.54 Å². The number of ether oxygens (including phenoxy) is 1. The molecule has 1 aliphatic rings. The van der Waals surface area contributed by atoms with Crippen LogP contribution in [0, 0.1) is 11.6 Å². The van der Waals surface area contributed by atoms with Crippen molar-refractivity contribution >= 4 is 16.8 Å². The molecular formula is C24H24F2N2O4. The number of fused-ring (bicyclic) bond motifs is 1. The van der Waals surface area contributed by atoms with Crippen molar-refractivity contribution in [3.63, 3.8) is 0 Å². The zero-order valence-electron chi connectivity index (χ0n) is 17.6. The Hall–Kier alpha value is -3.26. The van der Waals surface area contributed by atoms with Gasteiger partial charge in [0.25, 0.3) is 5.91 Å². The molecule has 0 aliphatic heterocycles. The molecule has 1 fully saturated rings. The molecule has 1 saturated carbocycles. The van der Waals surface area contributed by atoms with Crippen molar-refractivity contribution in [3.05, 3.63) is 75.6 Å². The molecule has 1 amide bonds. The quantitative estimate of drug-likeness (QED) is 0.635. The Morgan fingerprint density at radius 3 is 2.50 bits per heavy atom. The number of nitrogens with zero attached hydrogens (tertiary/aromatic N) is 1. The Morgan fingerprint density at radius 2 is 1.81 bits per heavy atom. The van der Waals surface area contributed by atoms with Crippen LogP contribution in [0.1, 0.15) is 41.6 Å². The number of methoxy groups -OCH3 is 1. The third-order valence-corrected chi connectivity index (χ3v) is 5.92. The maximum Gasteiger partial charge on any atom is 0.257 e. The van der Waals surface area contributed by atoms with Crippen LogP contribution in [-0.4, -0.2) is 34.8 Å². The van der Waals surface area contributed by atoms with Gasteiger partial charge in [-0.1, -0.05) is 25.0 Å². The highest BCUT2D eigenvalue weighted by atomic mass is 19.1. The average molecular weight is 442 g/mol. The van der Waals surface area contributed by atoms with E-state index in [1.165, 1.54) is 17.9 Å². The zero-order valence-corrected chi connectivity index (χ0v) is 17.6. The fourth-order valence-electron chi connectivity index (χ4n) is 4.19. The molecule has 4 rings (SSSR count).